The molecule has 0 aliphatic rings. The Labute approximate surface area is 124 Å². The van der Waals surface area contributed by atoms with Gasteiger partial charge in [0.25, 0.3) is 10.8 Å². The normalized spacial score (nSPS) is 10.3. The predicted molar refractivity (Wildman–Crippen MR) is 76.3 cm³/mol. The van der Waals surface area contributed by atoms with E-state index >= 15 is 0 Å². The summed E-state index contributed by atoms with van der Waals surface area (Å²) in [6.45, 7) is 2.10. The van der Waals surface area contributed by atoms with Gasteiger partial charge in [0.2, 0.25) is 5.89 Å². The first-order valence-electron chi connectivity index (χ1n) is 5.57. The molecular weight excluding hydrogens is 306 g/mol. The third-order valence-corrected chi connectivity index (χ3v) is 3.25. The zero-order valence-electron chi connectivity index (χ0n) is 10.6. The number of nitrogens with zero attached hydrogens (tertiary/aromatic N) is 2. The average Bonchev–Trinajstić information content (AvgIpc) is 2.76. The Kier molecular flexibility index (Phi) is 5.99. The SMILES string of the molecule is Cc1[nH]c(=O)[nH]c(=O)c1CSc1nnc(CCN)o1.Cl. The van der Waals surface area contributed by atoms with Crippen molar-refractivity contribution in [3.05, 3.63) is 38.0 Å². The van der Waals surface area contributed by atoms with E-state index in [1.807, 2.05) is 0 Å². The van der Waals surface area contributed by atoms with Crippen LogP contribution in [0, 0.1) is 6.92 Å². The van der Waals surface area contributed by atoms with Crippen LogP contribution in [-0.4, -0.2) is 26.7 Å². The highest BCUT2D eigenvalue weighted by Crippen LogP contribution is 2.20. The second kappa shape index (κ2) is 7.27. The van der Waals surface area contributed by atoms with E-state index in [1.54, 1.807) is 6.92 Å². The Bertz CT molecular complexity index is 680. The summed E-state index contributed by atoms with van der Waals surface area (Å²) in [6.07, 6.45) is 0.520. The Balaban J connectivity index is 0.00000200. The number of thioether (sulfide) groups is 1. The average molecular weight is 320 g/mol. The van der Waals surface area contributed by atoms with Gasteiger partial charge in [0.15, 0.2) is 0 Å². The van der Waals surface area contributed by atoms with Crippen LogP contribution in [0.1, 0.15) is 17.1 Å². The van der Waals surface area contributed by atoms with Crippen molar-refractivity contribution in [2.45, 2.75) is 24.3 Å². The summed E-state index contributed by atoms with van der Waals surface area (Å²) in [6, 6.07) is 0. The number of hydrogen-bond acceptors (Lipinski definition) is 7. The van der Waals surface area contributed by atoms with Gasteiger partial charge in [-0.25, -0.2) is 4.79 Å². The molecule has 2 aromatic heterocycles. The van der Waals surface area contributed by atoms with Crippen molar-refractivity contribution in [2.24, 2.45) is 5.73 Å². The summed E-state index contributed by atoms with van der Waals surface area (Å²) in [5, 5.41) is 8.02. The Morgan fingerprint density at radius 2 is 2.05 bits per heavy atom. The molecule has 0 spiro atoms. The van der Waals surface area contributed by atoms with Crippen molar-refractivity contribution >= 4 is 24.2 Å². The summed E-state index contributed by atoms with van der Waals surface area (Å²) in [7, 11) is 0. The van der Waals surface area contributed by atoms with Gasteiger partial charge in [-0.3, -0.25) is 9.78 Å². The number of H-pyrrole nitrogens is 2. The smallest absolute Gasteiger partial charge is 0.325 e. The van der Waals surface area contributed by atoms with Gasteiger partial charge in [0, 0.05) is 30.0 Å². The fourth-order valence-corrected chi connectivity index (χ4v) is 2.32. The molecule has 2 heterocycles. The van der Waals surface area contributed by atoms with Crippen molar-refractivity contribution in [2.75, 3.05) is 6.54 Å². The quantitative estimate of drug-likeness (QED) is 0.659. The Hall–Kier alpha value is -1.58. The van der Waals surface area contributed by atoms with E-state index < -0.39 is 11.2 Å². The van der Waals surface area contributed by atoms with Crippen LogP contribution >= 0.6 is 24.2 Å². The van der Waals surface area contributed by atoms with Crippen LogP contribution in [0.5, 0.6) is 0 Å². The lowest BCUT2D eigenvalue weighted by atomic mass is 10.3. The van der Waals surface area contributed by atoms with Crippen LogP contribution in [0.3, 0.4) is 0 Å². The van der Waals surface area contributed by atoms with Gasteiger partial charge in [0.1, 0.15) is 0 Å². The number of hydrogen-bond donors (Lipinski definition) is 3. The fraction of sp³-hybridized carbons (Fsp3) is 0.400. The number of halogens is 1. The molecule has 0 saturated carbocycles. The van der Waals surface area contributed by atoms with E-state index in [-0.39, 0.29) is 12.4 Å². The van der Waals surface area contributed by atoms with Gasteiger partial charge in [-0.1, -0.05) is 11.8 Å². The first-order chi connectivity index (χ1) is 9.10. The maximum absolute atomic E-state index is 11.6. The molecule has 0 fully saturated rings. The number of aryl methyl sites for hydroxylation is 1. The third kappa shape index (κ3) is 3.95. The van der Waals surface area contributed by atoms with Crippen LogP contribution in [0.2, 0.25) is 0 Å². The molecule has 0 radical (unpaired) electrons. The highest BCUT2D eigenvalue weighted by atomic mass is 35.5. The molecule has 2 rings (SSSR count). The van der Waals surface area contributed by atoms with E-state index in [0.29, 0.717) is 41.1 Å². The van der Waals surface area contributed by atoms with Gasteiger partial charge in [-0.2, -0.15) is 0 Å². The monoisotopic (exact) mass is 319 g/mol. The van der Waals surface area contributed by atoms with Gasteiger partial charge in [-0.05, 0) is 6.92 Å². The maximum Gasteiger partial charge on any atom is 0.325 e. The fourth-order valence-electron chi connectivity index (χ4n) is 1.45. The van der Waals surface area contributed by atoms with Crippen LogP contribution in [-0.2, 0) is 12.2 Å². The summed E-state index contributed by atoms with van der Waals surface area (Å²) in [4.78, 5) is 27.4. The summed E-state index contributed by atoms with van der Waals surface area (Å²) in [5.41, 5.74) is 5.46. The number of nitrogens with two attached hydrogens (primary N) is 1. The minimum absolute atomic E-state index is 0. The van der Waals surface area contributed by atoms with Crippen molar-refractivity contribution in [1.82, 2.24) is 20.2 Å². The minimum Gasteiger partial charge on any atom is -0.416 e. The largest absolute Gasteiger partial charge is 0.416 e. The van der Waals surface area contributed by atoms with Crippen LogP contribution in [0.25, 0.3) is 0 Å². The predicted octanol–water partition coefficient (Wildman–Crippen LogP) is -0.0301. The molecule has 2 aromatic rings. The molecule has 8 nitrogen and oxygen atoms in total. The number of aromatic amines is 2. The van der Waals surface area contributed by atoms with Gasteiger partial charge in [0.05, 0.1) is 0 Å². The van der Waals surface area contributed by atoms with Gasteiger partial charge < -0.3 is 15.1 Å². The highest BCUT2D eigenvalue weighted by Gasteiger charge is 2.10. The lowest BCUT2D eigenvalue weighted by Crippen LogP contribution is -2.26. The van der Waals surface area contributed by atoms with E-state index in [9.17, 15) is 9.59 Å². The molecule has 0 aromatic carbocycles. The first kappa shape index (κ1) is 16.5. The zero-order chi connectivity index (χ0) is 13.8. The highest BCUT2D eigenvalue weighted by molar-refractivity contribution is 7.98. The summed E-state index contributed by atoms with van der Waals surface area (Å²) < 4.78 is 5.33. The van der Waals surface area contributed by atoms with Crippen LogP contribution in [0.15, 0.2) is 19.2 Å². The maximum atomic E-state index is 11.6. The molecule has 0 atom stereocenters. The Morgan fingerprint density at radius 3 is 2.70 bits per heavy atom. The molecule has 0 amide bonds. The zero-order valence-corrected chi connectivity index (χ0v) is 12.3. The molecule has 0 bridgehead atoms. The van der Waals surface area contributed by atoms with Crippen molar-refractivity contribution in [3.8, 4) is 0 Å². The van der Waals surface area contributed by atoms with E-state index in [2.05, 4.69) is 20.2 Å². The first-order valence-corrected chi connectivity index (χ1v) is 6.56. The lowest BCUT2D eigenvalue weighted by Gasteiger charge is -2.01. The molecular formula is C10H14ClN5O3S. The molecule has 0 aliphatic heterocycles. The standard InChI is InChI=1S/C10H13N5O3S.ClH/c1-5-6(8(16)13-9(17)12-5)4-19-10-15-14-7(18-10)2-3-11;/h2-4,11H2,1H3,(H2,12,13,16,17);1H. The lowest BCUT2D eigenvalue weighted by molar-refractivity contribution is 0.414. The van der Waals surface area contributed by atoms with E-state index in [0.717, 1.165) is 0 Å². The molecule has 4 N–H and O–H groups in total. The second-order valence-corrected chi connectivity index (χ2v) is 4.73. The van der Waals surface area contributed by atoms with E-state index in [4.69, 9.17) is 10.2 Å². The second-order valence-electron chi connectivity index (χ2n) is 3.80. The van der Waals surface area contributed by atoms with Crippen LogP contribution in [0.4, 0.5) is 0 Å². The molecule has 0 aliphatic carbocycles. The number of nitrogens with one attached hydrogen (secondary N) is 2. The molecule has 0 unspecified atom stereocenters. The van der Waals surface area contributed by atoms with Crippen molar-refractivity contribution < 1.29 is 4.42 Å². The molecule has 10 heteroatoms. The summed E-state index contributed by atoms with van der Waals surface area (Å²) in [5.74, 6) is 0.805. The number of rotatable bonds is 5. The molecule has 20 heavy (non-hydrogen) atoms. The molecule has 0 saturated heterocycles. The topological polar surface area (TPSA) is 131 Å². The van der Waals surface area contributed by atoms with Gasteiger partial charge >= 0.3 is 5.69 Å². The van der Waals surface area contributed by atoms with E-state index in [1.165, 1.54) is 11.8 Å². The Morgan fingerprint density at radius 1 is 1.30 bits per heavy atom. The number of aromatic nitrogens is 4. The molecule has 110 valence electrons. The van der Waals surface area contributed by atoms with Crippen molar-refractivity contribution in [3.63, 3.8) is 0 Å². The minimum atomic E-state index is -0.515. The van der Waals surface area contributed by atoms with Gasteiger partial charge in [-0.15, -0.1) is 22.6 Å². The summed E-state index contributed by atoms with van der Waals surface area (Å²) >= 11 is 1.23. The van der Waals surface area contributed by atoms with Crippen LogP contribution < -0.4 is 17.0 Å². The third-order valence-electron chi connectivity index (χ3n) is 2.40. The van der Waals surface area contributed by atoms with Crippen molar-refractivity contribution in [1.29, 1.82) is 0 Å².